The van der Waals surface area contributed by atoms with Gasteiger partial charge in [0.2, 0.25) is 0 Å². The Hall–Kier alpha value is -4.44. The summed E-state index contributed by atoms with van der Waals surface area (Å²) in [5.74, 6) is -0.0710. The van der Waals surface area contributed by atoms with Crippen LogP contribution in [0.4, 0.5) is 24.5 Å². The zero-order valence-electron chi connectivity index (χ0n) is 21.9. The van der Waals surface area contributed by atoms with Crippen molar-refractivity contribution < 1.29 is 31.9 Å². The smallest absolute Gasteiger partial charge is 0.416 e. The number of nitrogens with zero attached hydrogens (tertiary/aromatic N) is 2. The van der Waals surface area contributed by atoms with Gasteiger partial charge in [-0.1, -0.05) is 23.7 Å². The van der Waals surface area contributed by atoms with Gasteiger partial charge in [0.25, 0.3) is 11.8 Å². The summed E-state index contributed by atoms with van der Waals surface area (Å²) in [5, 5.41) is 3.20. The van der Waals surface area contributed by atoms with Crippen molar-refractivity contribution in [1.82, 2.24) is 4.90 Å². The highest BCUT2D eigenvalue weighted by atomic mass is 35.5. The van der Waals surface area contributed by atoms with Crippen molar-refractivity contribution in [1.29, 1.82) is 0 Å². The fourth-order valence-electron chi connectivity index (χ4n) is 4.60. The normalized spacial score (nSPS) is 13.7. The number of methoxy groups -OCH3 is 1. The summed E-state index contributed by atoms with van der Waals surface area (Å²) in [4.78, 5) is 29.7. The van der Waals surface area contributed by atoms with Gasteiger partial charge in [-0.3, -0.25) is 9.59 Å². The number of halogens is 4. The fourth-order valence-corrected chi connectivity index (χ4v) is 4.77. The number of furan rings is 1. The van der Waals surface area contributed by atoms with Crippen LogP contribution in [0, 0.1) is 0 Å². The first-order chi connectivity index (χ1) is 19.6. The monoisotopic (exact) mass is 583 g/mol. The highest BCUT2D eigenvalue weighted by Gasteiger charge is 2.31. The van der Waals surface area contributed by atoms with E-state index in [1.54, 1.807) is 35.2 Å². The SMILES string of the molecule is COc1ccc(Cl)cc1C(=O)N1CCN(c2ccc(NC(=O)c3ccc(-c4cccc(C(F)(F)F)c4)o3)cc2)CC1. The Morgan fingerprint density at radius 3 is 2.34 bits per heavy atom. The van der Waals surface area contributed by atoms with E-state index in [1.165, 1.54) is 31.4 Å². The van der Waals surface area contributed by atoms with Crippen molar-refractivity contribution in [3.8, 4) is 17.1 Å². The molecule has 1 aliphatic rings. The van der Waals surface area contributed by atoms with Gasteiger partial charge in [0.15, 0.2) is 5.76 Å². The number of alkyl halides is 3. The third-order valence-corrected chi connectivity index (χ3v) is 6.99. The minimum Gasteiger partial charge on any atom is -0.496 e. The van der Waals surface area contributed by atoms with E-state index in [0.717, 1.165) is 17.8 Å². The quantitative estimate of drug-likeness (QED) is 0.269. The Kier molecular flexibility index (Phi) is 7.94. The van der Waals surface area contributed by atoms with Crippen LogP contribution in [0.3, 0.4) is 0 Å². The Balaban J connectivity index is 1.18. The molecule has 1 fully saturated rings. The number of amides is 2. The predicted molar refractivity (Wildman–Crippen MR) is 150 cm³/mol. The van der Waals surface area contributed by atoms with Crippen molar-refractivity contribution in [3.05, 3.63) is 101 Å². The first-order valence-corrected chi connectivity index (χ1v) is 13.1. The number of benzene rings is 3. The van der Waals surface area contributed by atoms with Crippen LogP contribution >= 0.6 is 11.6 Å². The van der Waals surface area contributed by atoms with E-state index in [1.807, 2.05) is 12.1 Å². The van der Waals surface area contributed by atoms with Gasteiger partial charge < -0.3 is 24.3 Å². The zero-order valence-corrected chi connectivity index (χ0v) is 22.6. The second-order valence-electron chi connectivity index (χ2n) is 9.37. The minimum atomic E-state index is -4.48. The lowest BCUT2D eigenvalue weighted by Crippen LogP contribution is -2.48. The van der Waals surface area contributed by atoms with Crippen LogP contribution in [0.15, 0.2) is 83.3 Å². The summed E-state index contributed by atoms with van der Waals surface area (Å²) >= 11 is 6.08. The highest BCUT2D eigenvalue weighted by molar-refractivity contribution is 6.31. The minimum absolute atomic E-state index is 0.0291. The first kappa shape index (κ1) is 28.1. The van der Waals surface area contributed by atoms with Crippen LogP contribution < -0.4 is 15.0 Å². The summed E-state index contributed by atoms with van der Waals surface area (Å²) in [6.07, 6.45) is -4.48. The standard InChI is InChI=1S/C30H25ClF3N3O4/c1-40-26-10-5-21(31)18-24(26)29(39)37-15-13-36(14-16-37)23-8-6-22(7-9-23)35-28(38)27-12-11-25(41-27)19-3-2-4-20(17-19)30(32,33)34/h2-12,17-18H,13-16H2,1H3,(H,35,38). The lowest BCUT2D eigenvalue weighted by Gasteiger charge is -2.36. The maximum Gasteiger partial charge on any atom is 0.416 e. The molecular formula is C30H25ClF3N3O4. The van der Waals surface area contributed by atoms with Gasteiger partial charge in [-0.25, -0.2) is 0 Å². The van der Waals surface area contributed by atoms with Crippen molar-refractivity contribution in [2.24, 2.45) is 0 Å². The number of anilines is 2. The van der Waals surface area contributed by atoms with Crippen LogP contribution in [-0.2, 0) is 6.18 Å². The van der Waals surface area contributed by atoms with E-state index in [9.17, 15) is 22.8 Å². The van der Waals surface area contributed by atoms with Crippen molar-refractivity contribution in [2.45, 2.75) is 6.18 Å². The van der Waals surface area contributed by atoms with Crippen molar-refractivity contribution >= 4 is 34.8 Å². The van der Waals surface area contributed by atoms with Gasteiger partial charge in [-0.05, 0) is 66.7 Å². The van der Waals surface area contributed by atoms with Gasteiger partial charge in [0.1, 0.15) is 11.5 Å². The lowest BCUT2D eigenvalue weighted by atomic mass is 10.1. The number of carbonyl (C=O) groups excluding carboxylic acids is 2. The second-order valence-corrected chi connectivity index (χ2v) is 9.80. The first-order valence-electron chi connectivity index (χ1n) is 12.7. The van der Waals surface area contributed by atoms with Crippen LogP contribution in [0.2, 0.25) is 5.02 Å². The molecule has 7 nitrogen and oxygen atoms in total. The molecule has 3 aromatic carbocycles. The van der Waals surface area contributed by atoms with Crippen molar-refractivity contribution in [3.63, 3.8) is 0 Å². The fraction of sp³-hybridized carbons (Fsp3) is 0.200. The maximum absolute atomic E-state index is 13.1. The van der Waals surface area contributed by atoms with Gasteiger partial charge in [-0.15, -0.1) is 0 Å². The van der Waals surface area contributed by atoms with E-state index in [-0.39, 0.29) is 23.0 Å². The molecule has 2 heterocycles. The largest absolute Gasteiger partial charge is 0.496 e. The van der Waals surface area contributed by atoms with Crippen LogP contribution in [-0.4, -0.2) is 50.0 Å². The van der Waals surface area contributed by atoms with Gasteiger partial charge in [-0.2, -0.15) is 13.2 Å². The molecule has 0 unspecified atom stereocenters. The van der Waals surface area contributed by atoms with Crippen LogP contribution in [0.5, 0.6) is 5.75 Å². The molecule has 0 saturated carbocycles. The molecule has 41 heavy (non-hydrogen) atoms. The third kappa shape index (κ3) is 6.33. The van der Waals surface area contributed by atoms with E-state index < -0.39 is 17.6 Å². The molecule has 1 aliphatic heterocycles. The molecule has 0 bridgehead atoms. The molecule has 1 N–H and O–H groups in total. The van der Waals surface area contributed by atoms with Crippen LogP contribution in [0.1, 0.15) is 26.5 Å². The van der Waals surface area contributed by atoms with Gasteiger partial charge >= 0.3 is 6.18 Å². The number of nitrogens with one attached hydrogen (secondary N) is 1. The molecule has 212 valence electrons. The Morgan fingerprint density at radius 1 is 0.927 bits per heavy atom. The van der Waals surface area contributed by atoms with E-state index >= 15 is 0 Å². The van der Waals surface area contributed by atoms with E-state index in [0.29, 0.717) is 48.2 Å². The number of ether oxygens (including phenoxy) is 1. The second kappa shape index (κ2) is 11.6. The summed E-state index contributed by atoms with van der Waals surface area (Å²) in [6, 6.07) is 19.8. The zero-order chi connectivity index (χ0) is 29.1. The topological polar surface area (TPSA) is 75.0 Å². The van der Waals surface area contributed by atoms with E-state index in [4.69, 9.17) is 20.8 Å². The lowest BCUT2D eigenvalue weighted by molar-refractivity contribution is -0.137. The number of carbonyl (C=O) groups is 2. The molecule has 1 saturated heterocycles. The molecule has 0 radical (unpaired) electrons. The molecular weight excluding hydrogens is 559 g/mol. The third-order valence-electron chi connectivity index (χ3n) is 6.75. The molecule has 2 amide bonds. The van der Waals surface area contributed by atoms with Gasteiger partial charge in [0, 0.05) is 48.1 Å². The summed E-state index contributed by atoms with van der Waals surface area (Å²) < 4.78 is 50.0. The summed E-state index contributed by atoms with van der Waals surface area (Å²) in [7, 11) is 1.51. The van der Waals surface area contributed by atoms with E-state index in [2.05, 4.69) is 10.2 Å². The summed E-state index contributed by atoms with van der Waals surface area (Å²) in [5.41, 5.74) is 1.30. The van der Waals surface area contributed by atoms with Crippen LogP contribution in [0.25, 0.3) is 11.3 Å². The number of piperazine rings is 1. The Labute approximate surface area is 239 Å². The molecule has 5 rings (SSSR count). The van der Waals surface area contributed by atoms with Crippen molar-refractivity contribution in [2.75, 3.05) is 43.5 Å². The molecule has 1 aromatic heterocycles. The average Bonchev–Trinajstić information content (AvgIpc) is 3.48. The molecule has 0 spiro atoms. The number of hydrogen-bond donors (Lipinski definition) is 1. The Morgan fingerprint density at radius 2 is 1.66 bits per heavy atom. The number of rotatable bonds is 6. The maximum atomic E-state index is 13.1. The molecule has 0 aliphatic carbocycles. The van der Waals surface area contributed by atoms with Gasteiger partial charge in [0.05, 0.1) is 18.2 Å². The highest BCUT2D eigenvalue weighted by Crippen LogP contribution is 2.33. The number of hydrogen-bond acceptors (Lipinski definition) is 5. The molecule has 4 aromatic rings. The molecule has 0 atom stereocenters. The summed E-state index contributed by atoms with van der Waals surface area (Å²) in [6.45, 7) is 2.26. The predicted octanol–water partition coefficient (Wildman–Crippen LogP) is 6.84. The Bertz CT molecular complexity index is 1560. The molecule has 11 heteroatoms. The average molecular weight is 584 g/mol.